The molecule has 0 radical (unpaired) electrons. The fourth-order valence-corrected chi connectivity index (χ4v) is 4.26. The summed E-state index contributed by atoms with van der Waals surface area (Å²) in [6.45, 7) is 4.92. The first-order valence-corrected chi connectivity index (χ1v) is 12.4. The molecule has 1 N–H and O–H groups in total. The summed E-state index contributed by atoms with van der Waals surface area (Å²) >= 11 is 0. The zero-order chi connectivity index (χ0) is 28.1. The van der Waals surface area contributed by atoms with E-state index in [2.05, 4.69) is 5.32 Å². The summed E-state index contributed by atoms with van der Waals surface area (Å²) in [5, 5.41) is 3.28. The van der Waals surface area contributed by atoms with Crippen molar-refractivity contribution in [3.63, 3.8) is 0 Å². The third kappa shape index (κ3) is 5.98. The molecule has 202 valence electrons. The molecule has 0 atom stereocenters. The van der Waals surface area contributed by atoms with Crippen LogP contribution in [-0.2, 0) is 27.2 Å². The van der Waals surface area contributed by atoms with Gasteiger partial charge in [-0.3, -0.25) is 9.59 Å². The van der Waals surface area contributed by atoms with Crippen molar-refractivity contribution in [3.8, 4) is 16.9 Å². The maximum absolute atomic E-state index is 14.7. The van der Waals surface area contributed by atoms with Gasteiger partial charge < -0.3 is 19.2 Å². The first-order valence-electron chi connectivity index (χ1n) is 12.4. The third-order valence-electron chi connectivity index (χ3n) is 6.28. The van der Waals surface area contributed by atoms with Crippen LogP contribution in [0.2, 0.25) is 0 Å². The number of hydrogen-bond donors (Lipinski definition) is 1. The van der Waals surface area contributed by atoms with E-state index in [0.29, 0.717) is 28.6 Å². The van der Waals surface area contributed by atoms with Crippen LogP contribution in [0.3, 0.4) is 0 Å². The molecule has 7 nitrogen and oxygen atoms in total. The molecule has 0 aliphatic rings. The number of amides is 1. The lowest BCUT2D eigenvalue weighted by Gasteiger charge is -2.14. The van der Waals surface area contributed by atoms with Gasteiger partial charge in [-0.25, -0.2) is 13.6 Å². The van der Waals surface area contributed by atoms with Gasteiger partial charge in [-0.15, -0.1) is 0 Å². The van der Waals surface area contributed by atoms with Crippen LogP contribution in [0, 0.1) is 18.6 Å². The number of para-hydroxylation sites is 1. The number of aryl methyl sites for hydroxylation is 2. The average molecular weight is 536 g/mol. The maximum Gasteiger partial charge on any atom is 0.340 e. The minimum atomic E-state index is -0.979. The Morgan fingerprint density at radius 2 is 1.74 bits per heavy atom. The Kier molecular flexibility index (Phi) is 8.39. The molecule has 0 unspecified atom stereocenters. The van der Waals surface area contributed by atoms with Gasteiger partial charge in [-0.05, 0) is 49.6 Å². The molecular formula is C30H27F2NO6. The van der Waals surface area contributed by atoms with E-state index in [4.69, 9.17) is 13.9 Å². The molecule has 0 aliphatic carbocycles. The normalized spacial score (nSPS) is 10.9. The largest absolute Gasteiger partial charge is 0.483 e. The van der Waals surface area contributed by atoms with Crippen LogP contribution in [0.1, 0.15) is 30.5 Å². The van der Waals surface area contributed by atoms with Gasteiger partial charge in [0.25, 0.3) is 5.91 Å². The zero-order valence-electron chi connectivity index (χ0n) is 21.7. The molecule has 4 aromatic rings. The number of carbonyl (C=O) groups excluding carboxylic acids is 2. The van der Waals surface area contributed by atoms with Gasteiger partial charge in [0, 0.05) is 28.3 Å². The molecule has 0 saturated carbocycles. The summed E-state index contributed by atoms with van der Waals surface area (Å²) in [5.41, 5.74) is 1.34. The van der Waals surface area contributed by atoms with E-state index in [9.17, 15) is 23.2 Å². The molecule has 3 aromatic carbocycles. The predicted octanol–water partition coefficient (Wildman–Crippen LogP) is 5.73. The fourth-order valence-electron chi connectivity index (χ4n) is 4.26. The van der Waals surface area contributed by atoms with E-state index in [-0.39, 0.29) is 41.1 Å². The van der Waals surface area contributed by atoms with Crippen LogP contribution in [0.4, 0.5) is 14.5 Å². The maximum atomic E-state index is 14.7. The molecule has 0 saturated heterocycles. The highest BCUT2D eigenvalue weighted by Crippen LogP contribution is 2.33. The van der Waals surface area contributed by atoms with Crippen molar-refractivity contribution in [1.82, 2.24) is 0 Å². The number of halogens is 2. The van der Waals surface area contributed by atoms with Crippen LogP contribution in [0.5, 0.6) is 5.75 Å². The Bertz CT molecular complexity index is 1610. The van der Waals surface area contributed by atoms with Crippen molar-refractivity contribution in [3.05, 3.63) is 93.3 Å². The Hall–Kier alpha value is -4.53. The third-order valence-corrected chi connectivity index (χ3v) is 6.28. The molecular weight excluding hydrogens is 508 g/mol. The molecule has 1 aromatic heterocycles. The van der Waals surface area contributed by atoms with Gasteiger partial charge in [-0.2, -0.15) is 0 Å². The minimum absolute atomic E-state index is 0.0305. The van der Waals surface area contributed by atoms with E-state index in [1.165, 1.54) is 18.2 Å². The van der Waals surface area contributed by atoms with Crippen molar-refractivity contribution in [2.24, 2.45) is 0 Å². The predicted molar refractivity (Wildman–Crippen MR) is 143 cm³/mol. The highest BCUT2D eigenvalue weighted by Gasteiger charge is 2.18. The summed E-state index contributed by atoms with van der Waals surface area (Å²) in [6, 6.07) is 14.3. The van der Waals surface area contributed by atoms with E-state index in [0.717, 1.165) is 0 Å². The van der Waals surface area contributed by atoms with Gasteiger partial charge in [0.05, 0.1) is 18.6 Å². The summed E-state index contributed by atoms with van der Waals surface area (Å²) in [7, 11) is 0. The lowest BCUT2D eigenvalue weighted by atomic mass is 10.0. The van der Waals surface area contributed by atoms with Gasteiger partial charge in [0.2, 0.25) is 0 Å². The number of hydrogen-bond acceptors (Lipinski definition) is 6. The molecule has 0 fully saturated rings. The zero-order valence-corrected chi connectivity index (χ0v) is 21.7. The summed E-state index contributed by atoms with van der Waals surface area (Å²) in [6.07, 6.45) is 0.155. The topological polar surface area (TPSA) is 94.8 Å². The standard InChI is InChI=1S/C30H27F2NO6/c1-4-18-10-12-22(29(32)28(18)31)21-8-6-7-9-24(21)38-16-26(34)33-19-11-13-20-17(3)23(15-27(35)37-5-2)30(36)39-25(20)14-19/h6-14H,4-5,15-16H2,1-3H3,(H,33,34). The summed E-state index contributed by atoms with van der Waals surface area (Å²) < 4.78 is 45.1. The number of fused-ring (bicyclic) bond motifs is 1. The molecule has 0 bridgehead atoms. The quantitative estimate of drug-likeness (QED) is 0.217. The fraction of sp³-hybridized carbons (Fsp3) is 0.233. The monoisotopic (exact) mass is 535 g/mol. The number of rotatable bonds is 9. The Morgan fingerprint density at radius 3 is 2.49 bits per heavy atom. The van der Waals surface area contributed by atoms with Crippen molar-refractivity contribution < 1.29 is 32.3 Å². The van der Waals surface area contributed by atoms with E-state index < -0.39 is 35.7 Å². The van der Waals surface area contributed by atoms with Crippen LogP contribution < -0.4 is 15.7 Å². The summed E-state index contributed by atoms with van der Waals surface area (Å²) in [5.74, 6) is -2.72. The van der Waals surface area contributed by atoms with Gasteiger partial charge in [0.1, 0.15) is 11.3 Å². The minimum Gasteiger partial charge on any atom is -0.483 e. The van der Waals surface area contributed by atoms with Crippen LogP contribution >= 0.6 is 0 Å². The second-order valence-corrected chi connectivity index (χ2v) is 8.77. The van der Waals surface area contributed by atoms with Crippen LogP contribution in [0.15, 0.2) is 63.8 Å². The SMILES string of the molecule is CCOC(=O)Cc1c(C)c2ccc(NC(=O)COc3ccccc3-c3ccc(CC)c(F)c3F)cc2oc1=O. The molecule has 4 rings (SSSR count). The Balaban J connectivity index is 1.49. The second kappa shape index (κ2) is 11.9. The van der Waals surface area contributed by atoms with Gasteiger partial charge >= 0.3 is 11.6 Å². The average Bonchev–Trinajstić information content (AvgIpc) is 2.91. The van der Waals surface area contributed by atoms with E-state index in [1.807, 2.05) is 0 Å². The molecule has 1 amide bonds. The molecule has 39 heavy (non-hydrogen) atoms. The Morgan fingerprint density at radius 1 is 0.974 bits per heavy atom. The number of ether oxygens (including phenoxy) is 2. The Labute approximate surface area is 223 Å². The van der Waals surface area contributed by atoms with Crippen LogP contribution in [-0.4, -0.2) is 25.1 Å². The highest BCUT2D eigenvalue weighted by molar-refractivity contribution is 5.95. The van der Waals surface area contributed by atoms with Gasteiger partial charge in [0.15, 0.2) is 18.2 Å². The molecule has 9 heteroatoms. The van der Waals surface area contributed by atoms with Crippen molar-refractivity contribution in [2.45, 2.75) is 33.6 Å². The number of carbonyl (C=O) groups is 2. The van der Waals surface area contributed by atoms with E-state index >= 15 is 0 Å². The van der Waals surface area contributed by atoms with E-state index in [1.54, 1.807) is 57.2 Å². The lowest BCUT2D eigenvalue weighted by Crippen LogP contribution is -2.20. The van der Waals surface area contributed by atoms with Crippen LogP contribution in [0.25, 0.3) is 22.1 Å². The molecule has 0 aliphatic heterocycles. The number of esters is 1. The number of nitrogens with one attached hydrogen (secondary N) is 1. The van der Waals surface area contributed by atoms with Crippen molar-refractivity contribution in [1.29, 1.82) is 0 Å². The van der Waals surface area contributed by atoms with Crippen molar-refractivity contribution >= 4 is 28.5 Å². The number of benzene rings is 3. The molecule has 1 heterocycles. The lowest BCUT2D eigenvalue weighted by molar-refractivity contribution is -0.142. The first-order chi connectivity index (χ1) is 18.7. The number of anilines is 1. The smallest absolute Gasteiger partial charge is 0.340 e. The summed E-state index contributed by atoms with van der Waals surface area (Å²) in [4.78, 5) is 37.0. The van der Waals surface area contributed by atoms with Gasteiger partial charge in [-0.1, -0.05) is 37.3 Å². The second-order valence-electron chi connectivity index (χ2n) is 8.77. The first kappa shape index (κ1) is 27.5. The highest BCUT2D eigenvalue weighted by atomic mass is 19.2. The van der Waals surface area contributed by atoms with Crippen molar-refractivity contribution in [2.75, 3.05) is 18.5 Å². The molecule has 0 spiro atoms.